The van der Waals surface area contributed by atoms with Gasteiger partial charge in [0.1, 0.15) is 6.07 Å². The first-order valence-corrected chi connectivity index (χ1v) is 8.21. The molecule has 1 aromatic carbocycles. The summed E-state index contributed by atoms with van der Waals surface area (Å²) in [5.41, 5.74) is 1.79. The third-order valence-corrected chi connectivity index (χ3v) is 4.91. The van der Waals surface area contributed by atoms with Gasteiger partial charge in [-0.15, -0.1) is 11.8 Å². The van der Waals surface area contributed by atoms with Crippen LogP contribution in [0.15, 0.2) is 23.1 Å². The van der Waals surface area contributed by atoms with Crippen molar-refractivity contribution in [1.82, 2.24) is 0 Å². The Balaban J connectivity index is 2.17. The van der Waals surface area contributed by atoms with E-state index < -0.39 is 0 Å². The molecule has 0 bridgehead atoms. The number of hydrogen-bond acceptors (Lipinski definition) is 3. The van der Waals surface area contributed by atoms with Crippen LogP contribution in [0.25, 0.3) is 0 Å². The normalized spacial score (nSPS) is 26.7. The number of nitrogens with one attached hydrogen (secondary N) is 1. The molecular formula is C16H22N2S. The third kappa shape index (κ3) is 3.25. The van der Waals surface area contributed by atoms with E-state index in [0.29, 0.717) is 12.0 Å². The van der Waals surface area contributed by atoms with Crippen molar-refractivity contribution in [3.63, 3.8) is 0 Å². The zero-order chi connectivity index (χ0) is 13.8. The lowest BCUT2D eigenvalue weighted by Gasteiger charge is -2.34. The van der Waals surface area contributed by atoms with Gasteiger partial charge in [0.2, 0.25) is 0 Å². The van der Waals surface area contributed by atoms with E-state index in [-0.39, 0.29) is 0 Å². The molecule has 1 aliphatic rings. The highest BCUT2D eigenvalue weighted by Crippen LogP contribution is 2.33. The van der Waals surface area contributed by atoms with Crippen molar-refractivity contribution in [2.45, 2.75) is 44.0 Å². The highest BCUT2D eigenvalue weighted by molar-refractivity contribution is 7.98. The Morgan fingerprint density at radius 2 is 2.11 bits per heavy atom. The van der Waals surface area contributed by atoms with Crippen LogP contribution >= 0.6 is 11.8 Å². The first-order chi connectivity index (χ1) is 9.15. The summed E-state index contributed by atoms with van der Waals surface area (Å²) < 4.78 is 0. The van der Waals surface area contributed by atoms with Crippen LogP contribution in [-0.4, -0.2) is 12.3 Å². The minimum absolute atomic E-state index is 0.500. The number of thioether (sulfide) groups is 1. The molecule has 0 radical (unpaired) electrons. The second-order valence-corrected chi connectivity index (χ2v) is 6.49. The van der Waals surface area contributed by atoms with Crippen LogP contribution in [0.1, 0.15) is 38.7 Å². The molecule has 1 N–H and O–H groups in total. The molecule has 1 fully saturated rings. The smallest absolute Gasteiger partial charge is 0.102 e. The van der Waals surface area contributed by atoms with Crippen molar-refractivity contribution in [2.75, 3.05) is 11.6 Å². The second kappa shape index (κ2) is 6.34. The molecule has 1 aromatic rings. The van der Waals surface area contributed by atoms with Crippen LogP contribution in [-0.2, 0) is 0 Å². The summed E-state index contributed by atoms with van der Waals surface area (Å²) in [5.74, 6) is 1.51. The van der Waals surface area contributed by atoms with E-state index >= 15 is 0 Å². The SMILES string of the molecule is CSc1cccc(NC2CCC(C)CC2C)c1C#N. The molecule has 2 nitrogen and oxygen atoms in total. The summed E-state index contributed by atoms with van der Waals surface area (Å²) in [6, 6.07) is 8.92. The van der Waals surface area contributed by atoms with Crippen LogP contribution in [0.2, 0.25) is 0 Å². The van der Waals surface area contributed by atoms with Gasteiger partial charge in [0.05, 0.1) is 11.3 Å². The maximum Gasteiger partial charge on any atom is 0.102 e. The fourth-order valence-corrected chi connectivity index (χ4v) is 3.59. The van der Waals surface area contributed by atoms with E-state index in [1.807, 2.05) is 24.5 Å². The van der Waals surface area contributed by atoms with Crippen LogP contribution in [0.3, 0.4) is 0 Å². The maximum atomic E-state index is 9.36. The van der Waals surface area contributed by atoms with Gasteiger partial charge in [0.25, 0.3) is 0 Å². The second-order valence-electron chi connectivity index (χ2n) is 5.64. The molecule has 1 saturated carbocycles. The molecule has 0 aliphatic heterocycles. The highest BCUT2D eigenvalue weighted by Gasteiger charge is 2.25. The molecule has 3 atom stereocenters. The molecule has 3 heteroatoms. The molecular weight excluding hydrogens is 252 g/mol. The van der Waals surface area contributed by atoms with Crippen LogP contribution < -0.4 is 5.32 Å². The number of anilines is 1. The minimum atomic E-state index is 0.500. The number of nitriles is 1. The molecule has 0 heterocycles. The minimum Gasteiger partial charge on any atom is -0.381 e. The monoisotopic (exact) mass is 274 g/mol. The molecule has 0 saturated heterocycles. The summed E-state index contributed by atoms with van der Waals surface area (Å²) in [4.78, 5) is 1.06. The van der Waals surface area contributed by atoms with Crippen LogP contribution in [0.5, 0.6) is 0 Å². The van der Waals surface area contributed by atoms with Crippen molar-refractivity contribution in [3.05, 3.63) is 23.8 Å². The molecule has 102 valence electrons. The Labute approximate surface area is 120 Å². The Morgan fingerprint density at radius 3 is 2.74 bits per heavy atom. The summed E-state index contributed by atoms with van der Waals surface area (Å²) in [6.07, 6.45) is 5.79. The lowest BCUT2D eigenvalue weighted by molar-refractivity contribution is 0.276. The Bertz CT molecular complexity index is 478. The highest BCUT2D eigenvalue weighted by atomic mass is 32.2. The van der Waals surface area contributed by atoms with Gasteiger partial charge < -0.3 is 5.32 Å². The molecule has 0 amide bonds. The quantitative estimate of drug-likeness (QED) is 0.823. The standard InChI is InChI=1S/C16H22N2S/c1-11-7-8-14(12(2)9-11)18-15-5-4-6-16(19-3)13(15)10-17/h4-6,11-12,14,18H,7-9H2,1-3H3. The lowest BCUT2D eigenvalue weighted by atomic mass is 9.80. The van der Waals surface area contributed by atoms with E-state index in [2.05, 4.69) is 25.2 Å². The van der Waals surface area contributed by atoms with E-state index in [1.165, 1.54) is 19.3 Å². The van der Waals surface area contributed by atoms with Gasteiger partial charge in [-0.25, -0.2) is 0 Å². The molecule has 2 rings (SSSR count). The number of hydrogen-bond donors (Lipinski definition) is 1. The molecule has 19 heavy (non-hydrogen) atoms. The van der Waals surface area contributed by atoms with Gasteiger partial charge in [-0.3, -0.25) is 0 Å². The molecule has 1 aliphatic carbocycles. The molecule has 0 aromatic heterocycles. The zero-order valence-corrected chi connectivity index (χ0v) is 12.8. The zero-order valence-electron chi connectivity index (χ0n) is 11.9. The largest absolute Gasteiger partial charge is 0.381 e. The van der Waals surface area contributed by atoms with Crippen molar-refractivity contribution >= 4 is 17.4 Å². The Kier molecular flexibility index (Phi) is 4.76. The van der Waals surface area contributed by atoms with Gasteiger partial charge in [0.15, 0.2) is 0 Å². The summed E-state index contributed by atoms with van der Waals surface area (Å²) in [7, 11) is 0. The number of rotatable bonds is 3. The fraction of sp³-hybridized carbons (Fsp3) is 0.562. The summed E-state index contributed by atoms with van der Waals surface area (Å²) in [5, 5.41) is 13.0. The van der Waals surface area contributed by atoms with Crippen molar-refractivity contribution < 1.29 is 0 Å². The summed E-state index contributed by atoms with van der Waals surface area (Å²) in [6.45, 7) is 4.65. The molecule has 0 spiro atoms. The Hall–Kier alpha value is -1.14. The third-order valence-electron chi connectivity index (χ3n) is 4.13. The van der Waals surface area contributed by atoms with Crippen LogP contribution in [0, 0.1) is 23.2 Å². The average Bonchev–Trinajstić information content (AvgIpc) is 2.41. The maximum absolute atomic E-state index is 9.36. The topological polar surface area (TPSA) is 35.8 Å². The first-order valence-electron chi connectivity index (χ1n) is 6.99. The molecule has 3 unspecified atom stereocenters. The first kappa shape index (κ1) is 14.3. The number of nitrogens with zero attached hydrogens (tertiary/aromatic N) is 1. The van der Waals surface area contributed by atoms with Gasteiger partial charge in [-0.2, -0.15) is 5.26 Å². The fourth-order valence-electron chi connectivity index (χ4n) is 3.02. The van der Waals surface area contributed by atoms with E-state index in [1.54, 1.807) is 11.8 Å². The lowest BCUT2D eigenvalue weighted by Crippen LogP contribution is -2.33. The van der Waals surface area contributed by atoms with Gasteiger partial charge in [-0.1, -0.05) is 19.9 Å². The Morgan fingerprint density at radius 1 is 1.32 bits per heavy atom. The summed E-state index contributed by atoms with van der Waals surface area (Å²) >= 11 is 1.63. The predicted molar refractivity (Wildman–Crippen MR) is 82.5 cm³/mol. The van der Waals surface area contributed by atoms with E-state index in [9.17, 15) is 5.26 Å². The van der Waals surface area contributed by atoms with E-state index in [4.69, 9.17) is 0 Å². The van der Waals surface area contributed by atoms with Gasteiger partial charge in [-0.05, 0) is 49.5 Å². The van der Waals surface area contributed by atoms with Gasteiger partial charge in [0, 0.05) is 10.9 Å². The van der Waals surface area contributed by atoms with Crippen molar-refractivity contribution in [2.24, 2.45) is 11.8 Å². The van der Waals surface area contributed by atoms with Crippen molar-refractivity contribution in [1.29, 1.82) is 5.26 Å². The average molecular weight is 274 g/mol. The van der Waals surface area contributed by atoms with E-state index in [0.717, 1.165) is 22.1 Å². The predicted octanol–water partition coefficient (Wildman–Crippen LogP) is 4.52. The van der Waals surface area contributed by atoms with Gasteiger partial charge >= 0.3 is 0 Å². The van der Waals surface area contributed by atoms with Crippen molar-refractivity contribution in [3.8, 4) is 6.07 Å². The number of benzene rings is 1. The van der Waals surface area contributed by atoms with Crippen LogP contribution in [0.4, 0.5) is 5.69 Å².